The summed E-state index contributed by atoms with van der Waals surface area (Å²) in [6.07, 6.45) is -5.11. The number of hydrogen-bond acceptors (Lipinski definition) is 12. The minimum absolute atomic E-state index is 0.164. The average Bonchev–Trinajstić information content (AvgIpc) is 2.91. The Balaban J connectivity index is 2.03. The van der Waals surface area contributed by atoms with E-state index in [4.69, 9.17) is 37.3 Å². The van der Waals surface area contributed by atoms with Crippen molar-refractivity contribution in [2.45, 2.75) is 71.2 Å². The predicted octanol–water partition coefficient (Wildman–Crippen LogP) is 4.61. The summed E-state index contributed by atoms with van der Waals surface area (Å²) in [6, 6.07) is 16.3. The van der Waals surface area contributed by atoms with Gasteiger partial charge in [0.05, 0.1) is 0 Å². The van der Waals surface area contributed by atoms with Gasteiger partial charge in [0.2, 0.25) is 6.29 Å². The maximum atomic E-state index is 14.2. The second-order valence-electron chi connectivity index (χ2n) is 9.04. The van der Waals surface area contributed by atoms with Crippen LogP contribution in [-0.4, -0.2) is 61.8 Å². The molecule has 12 nitrogen and oxygen atoms in total. The molecule has 1 fully saturated rings. The molecule has 0 aliphatic carbocycles. The largest absolute Gasteiger partial charge is 0.590 e. The summed E-state index contributed by atoms with van der Waals surface area (Å²) >= 11 is 0. The number of phosphoric acid groups is 1. The minimum Gasteiger partial charge on any atom is -0.463 e. The van der Waals surface area contributed by atoms with E-state index >= 15 is 0 Å². The Bertz CT molecular complexity index is 1130. The van der Waals surface area contributed by atoms with Gasteiger partial charge in [-0.05, 0) is 30.7 Å². The smallest absolute Gasteiger partial charge is 0.463 e. The third-order valence-electron chi connectivity index (χ3n) is 5.61. The third-order valence-corrected chi connectivity index (χ3v) is 6.94. The van der Waals surface area contributed by atoms with Gasteiger partial charge in [-0.3, -0.25) is 14.4 Å². The van der Waals surface area contributed by atoms with Gasteiger partial charge in [-0.2, -0.15) is 0 Å². The SMILES string of the molecule is CCCCO[C@@H]1[C@@H](OC(C)=O)[C@@H](OP(=O)(Oc2ccccc2)Oc2ccccc2)O[C@H](COC(C)=O)[C@H]1OC(C)=O. The second kappa shape index (κ2) is 15.5. The summed E-state index contributed by atoms with van der Waals surface area (Å²) in [4.78, 5) is 35.9. The van der Waals surface area contributed by atoms with E-state index in [1.807, 2.05) is 6.92 Å². The molecule has 0 aromatic heterocycles. The summed E-state index contributed by atoms with van der Waals surface area (Å²) < 4.78 is 59.7. The van der Waals surface area contributed by atoms with Gasteiger partial charge in [0.1, 0.15) is 30.3 Å². The number of phosphoric ester groups is 1. The van der Waals surface area contributed by atoms with Crippen molar-refractivity contribution >= 4 is 25.7 Å². The van der Waals surface area contributed by atoms with Crippen LogP contribution < -0.4 is 9.05 Å². The van der Waals surface area contributed by atoms with Crippen molar-refractivity contribution in [2.75, 3.05) is 13.2 Å². The molecule has 13 heteroatoms. The quantitative estimate of drug-likeness (QED) is 0.130. The van der Waals surface area contributed by atoms with Crippen LogP contribution in [0.25, 0.3) is 0 Å². The summed E-state index contributed by atoms with van der Waals surface area (Å²) in [7, 11) is -4.57. The summed E-state index contributed by atoms with van der Waals surface area (Å²) in [5.74, 6) is -1.71. The second-order valence-corrected chi connectivity index (χ2v) is 10.5. The molecule has 0 saturated carbocycles. The lowest BCUT2D eigenvalue weighted by Crippen LogP contribution is -2.62. The molecule has 224 valence electrons. The number of esters is 3. The molecule has 2 aromatic rings. The fraction of sp³-hybridized carbons (Fsp3) is 0.464. The number of carbonyl (C=O) groups is 3. The lowest BCUT2D eigenvalue weighted by molar-refractivity contribution is -0.295. The molecule has 41 heavy (non-hydrogen) atoms. The van der Waals surface area contributed by atoms with Crippen LogP contribution in [0.5, 0.6) is 11.5 Å². The van der Waals surface area contributed by atoms with Crippen LogP contribution in [0, 0.1) is 0 Å². The van der Waals surface area contributed by atoms with E-state index < -0.39 is 56.4 Å². The Kier molecular flexibility index (Phi) is 12.2. The lowest BCUT2D eigenvalue weighted by atomic mass is 9.98. The third kappa shape index (κ3) is 10.2. The van der Waals surface area contributed by atoms with Gasteiger partial charge in [0.15, 0.2) is 12.2 Å². The number of ether oxygens (including phenoxy) is 5. The summed E-state index contributed by atoms with van der Waals surface area (Å²) in [5, 5.41) is 0. The number of rotatable bonds is 14. The van der Waals surface area contributed by atoms with E-state index in [9.17, 15) is 18.9 Å². The number of hydrogen-bond donors (Lipinski definition) is 0. The molecule has 0 N–H and O–H groups in total. The molecule has 5 atom stereocenters. The van der Waals surface area contributed by atoms with Crippen molar-refractivity contribution in [3.8, 4) is 11.5 Å². The van der Waals surface area contributed by atoms with Gasteiger partial charge in [-0.15, -0.1) is 0 Å². The Labute approximate surface area is 238 Å². The summed E-state index contributed by atoms with van der Waals surface area (Å²) in [5.41, 5.74) is 0. The Hall–Kier alpha value is -3.44. The molecule has 0 radical (unpaired) electrons. The van der Waals surface area contributed by atoms with Gasteiger partial charge in [0.25, 0.3) is 0 Å². The van der Waals surface area contributed by atoms with Gasteiger partial charge >= 0.3 is 25.7 Å². The molecule has 3 rings (SSSR count). The van der Waals surface area contributed by atoms with Crippen molar-refractivity contribution in [3.63, 3.8) is 0 Å². The zero-order valence-electron chi connectivity index (χ0n) is 23.3. The molecule has 1 aliphatic heterocycles. The predicted molar refractivity (Wildman–Crippen MR) is 144 cm³/mol. The van der Waals surface area contributed by atoms with Gasteiger partial charge in [0, 0.05) is 27.4 Å². The van der Waals surface area contributed by atoms with Crippen molar-refractivity contribution in [2.24, 2.45) is 0 Å². The Morgan fingerprint density at radius 1 is 0.780 bits per heavy atom. The molecular formula is C28H35O12P. The fourth-order valence-electron chi connectivity index (χ4n) is 3.91. The monoisotopic (exact) mass is 594 g/mol. The first-order valence-electron chi connectivity index (χ1n) is 13.1. The molecule has 0 bridgehead atoms. The lowest BCUT2D eigenvalue weighted by Gasteiger charge is -2.44. The topological polar surface area (TPSA) is 142 Å². The van der Waals surface area contributed by atoms with E-state index in [2.05, 4.69) is 0 Å². The standard InChI is InChI=1S/C28H35O12P/c1-5-6-17-33-26-25(35-20(3)30)24(18-34-19(2)29)37-28(27(26)36-21(4)31)40-41(32,38-22-13-9-7-10-14-22)39-23-15-11-8-12-16-23/h7-16,24-28H,5-6,17-18H2,1-4H3/t24-,25-,26+,27-,28-/m1/s1. The molecule has 0 amide bonds. The Morgan fingerprint density at radius 2 is 1.32 bits per heavy atom. The number of carbonyl (C=O) groups excluding carboxylic acids is 3. The number of para-hydroxylation sites is 2. The number of benzene rings is 2. The van der Waals surface area contributed by atoms with Gasteiger partial charge in [-0.1, -0.05) is 49.7 Å². The first kappa shape index (κ1) is 32.1. The van der Waals surface area contributed by atoms with Crippen molar-refractivity contribution in [1.29, 1.82) is 0 Å². The zero-order valence-corrected chi connectivity index (χ0v) is 24.2. The fourth-order valence-corrected chi connectivity index (χ4v) is 5.22. The highest BCUT2D eigenvalue weighted by Gasteiger charge is 2.54. The van der Waals surface area contributed by atoms with Crippen LogP contribution in [0.1, 0.15) is 40.5 Å². The highest BCUT2D eigenvalue weighted by molar-refractivity contribution is 7.49. The first-order chi connectivity index (χ1) is 19.6. The van der Waals surface area contributed by atoms with Crippen molar-refractivity contribution in [1.82, 2.24) is 0 Å². The van der Waals surface area contributed by atoms with Gasteiger partial charge < -0.3 is 32.7 Å². The van der Waals surface area contributed by atoms with E-state index in [1.165, 1.54) is 13.8 Å². The average molecular weight is 595 g/mol. The number of unbranched alkanes of at least 4 members (excludes halogenated alkanes) is 1. The highest BCUT2D eigenvalue weighted by Crippen LogP contribution is 2.52. The van der Waals surface area contributed by atoms with Crippen LogP contribution in [0.15, 0.2) is 60.7 Å². The van der Waals surface area contributed by atoms with E-state index in [-0.39, 0.29) is 24.7 Å². The van der Waals surface area contributed by atoms with Crippen molar-refractivity contribution < 1.29 is 56.2 Å². The van der Waals surface area contributed by atoms with Crippen LogP contribution in [-0.2, 0) is 47.2 Å². The first-order valence-corrected chi connectivity index (χ1v) is 14.6. The minimum atomic E-state index is -4.57. The maximum absolute atomic E-state index is 14.2. The van der Waals surface area contributed by atoms with Crippen LogP contribution in [0.3, 0.4) is 0 Å². The molecule has 2 aromatic carbocycles. The summed E-state index contributed by atoms with van der Waals surface area (Å²) in [6.45, 7) is 5.31. The maximum Gasteiger partial charge on any atom is 0.590 e. The molecule has 1 aliphatic rings. The molecule has 0 unspecified atom stereocenters. The van der Waals surface area contributed by atoms with Crippen LogP contribution >= 0.6 is 7.82 Å². The van der Waals surface area contributed by atoms with Crippen LogP contribution in [0.2, 0.25) is 0 Å². The Morgan fingerprint density at radius 3 is 1.80 bits per heavy atom. The van der Waals surface area contributed by atoms with Crippen LogP contribution in [0.4, 0.5) is 0 Å². The van der Waals surface area contributed by atoms with Crippen molar-refractivity contribution in [3.05, 3.63) is 60.7 Å². The van der Waals surface area contributed by atoms with E-state index in [1.54, 1.807) is 60.7 Å². The van der Waals surface area contributed by atoms with E-state index in [0.29, 0.717) is 6.42 Å². The molecular weight excluding hydrogens is 559 g/mol. The van der Waals surface area contributed by atoms with E-state index in [0.717, 1.165) is 13.3 Å². The normalized spacial score (nSPS) is 22.3. The molecule has 1 heterocycles. The zero-order chi connectivity index (χ0) is 29.8. The molecule has 0 spiro atoms. The molecule has 1 saturated heterocycles. The highest BCUT2D eigenvalue weighted by atomic mass is 31.2. The van der Waals surface area contributed by atoms with Gasteiger partial charge in [-0.25, -0.2) is 9.09 Å².